The van der Waals surface area contributed by atoms with Gasteiger partial charge in [-0.25, -0.2) is 0 Å². The maximum absolute atomic E-state index is 12.2. The Labute approximate surface area is 114 Å². The van der Waals surface area contributed by atoms with Crippen molar-refractivity contribution in [1.29, 1.82) is 0 Å². The number of ether oxygens (including phenoxy) is 1. The van der Waals surface area contributed by atoms with E-state index in [0.717, 1.165) is 0 Å². The van der Waals surface area contributed by atoms with E-state index in [2.05, 4.69) is 4.74 Å². The number of Topliss-reactive ketones (excluding diaryl/α,β-unsaturated/α-hetero) is 1. The molecular formula is C10H7ClF3IO2. The summed E-state index contributed by atoms with van der Waals surface area (Å²) in [6, 6.07) is 4.14. The van der Waals surface area contributed by atoms with Crippen molar-refractivity contribution in [3.8, 4) is 5.75 Å². The van der Waals surface area contributed by atoms with Gasteiger partial charge in [0.15, 0.2) is 11.5 Å². The molecule has 0 spiro atoms. The number of para-hydroxylation sites is 1. The van der Waals surface area contributed by atoms with E-state index in [1.165, 1.54) is 25.1 Å². The lowest BCUT2D eigenvalue weighted by Gasteiger charge is -2.14. The van der Waals surface area contributed by atoms with Crippen LogP contribution in [0.1, 0.15) is 17.3 Å². The number of ketones is 1. The topological polar surface area (TPSA) is 26.3 Å². The maximum atomic E-state index is 12.2. The molecule has 1 unspecified atom stereocenters. The second-order valence-corrected chi connectivity index (χ2v) is 4.96. The molecule has 0 aliphatic heterocycles. The minimum Gasteiger partial charge on any atom is -0.404 e. The Kier molecular flexibility index (Phi) is 4.65. The van der Waals surface area contributed by atoms with Crippen LogP contribution in [0.2, 0.25) is 0 Å². The van der Waals surface area contributed by atoms with E-state index in [9.17, 15) is 18.0 Å². The Morgan fingerprint density at radius 1 is 1.47 bits per heavy atom. The molecule has 0 bridgehead atoms. The molecule has 0 aliphatic carbocycles. The zero-order valence-corrected chi connectivity index (χ0v) is 11.4. The van der Waals surface area contributed by atoms with Crippen LogP contribution < -0.4 is 4.74 Å². The molecule has 2 nitrogen and oxygen atoms in total. The largest absolute Gasteiger partial charge is 0.573 e. The van der Waals surface area contributed by atoms with Gasteiger partial charge >= 0.3 is 6.36 Å². The van der Waals surface area contributed by atoms with Gasteiger partial charge in [0, 0.05) is 0 Å². The quantitative estimate of drug-likeness (QED) is 0.451. The average molecular weight is 379 g/mol. The second kappa shape index (κ2) is 5.43. The number of rotatable bonds is 3. The summed E-state index contributed by atoms with van der Waals surface area (Å²) in [6.45, 7) is 1.39. The molecule has 1 aromatic carbocycles. The number of halogens is 5. The van der Waals surface area contributed by atoms with Gasteiger partial charge in [-0.2, -0.15) is 0 Å². The fourth-order valence-electron chi connectivity index (χ4n) is 1.14. The van der Waals surface area contributed by atoms with Crippen molar-refractivity contribution < 1.29 is 22.7 Å². The Hall–Kier alpha value is -0.500. The van der Waals surface area contributed by atoms with Gasteiger partial charge in [0.1, 0.15) is 0 Å². The van der Waals surface area contributed by atoms with Crippen LogP contribution in [0.3, 0.4) is 0 Å². The van der Waals surface area contributed by atoms with Crippen molar-refractivity contribution in [1.82, 2.24) is 0 Å². The zero-order valence-electron chi connectivity index (χ0n) is 8.52. The van der Waals surface area contributed by atoms with Crippen molar-refractivity contribution in [3.05, 3.63) is 27.3 Å². The predicted octanol–water partition coefficient (Wildman–Crippen LogP) is 4.00. The SMILES string of the molecule is CC(Cl)C(=O)c1cccc(I)c1OC(F)(F)F. The monoisotopic (exact) mass is 378 g/mol. The molecule has 0 aromatic heterocycles. The minimum absolute atomic E-state index is 0.170. The van der Waals surface area contributed by atoms with E-state index in [1.807, 2.05) is 0 Å². The van der Waals surface area contributed by atoms with E-state index < -0.39 is 23.3 Å². The summed E-state index contributed by atoms with van der Waals surface area (Å²) < 4.78 is 40.6. The summed E-state index contributed by atoms with van der Waals surface area (Å²) in [5.74, 6) is -1.11. The second-order valence-electron chi connectivity index (χ2n) is 3.14. The Bertz CT molecular complexity index is 432. The molecule has 0 saturated heterocycles. The molecule has 0 aliphatic rings. The van der Waals surface area contributed by atoms with Crippen molar-refractivity contribution >= 4 is 40.0 Å². The Morgan fingerprint density at radius 3 is 2.53 bits per heavy atom. The smallest absolute Gasteiger partial charge is 0.404 e. The first-order valence-electron chi connectivity index (χ1n) is 4.45. The van der Waals surface area contributed by atoms with Crippen LogP contribution >= 0.6 is 34.2 Å². The van der Waals surface area contributed by atoms with Crippen molar-refractivity contribution in [2.75, 3.05) is 0 Å². The molecule has 0 radical (unpaired) electrons. The fraction of sp³-hybridized carbons (Fsp3) is 0.300. The van der Waals surface area contributed by atoms with Crippen molar-refractivity contribution in [2.45, 2.75) is 18.7 Å². The van der Waals surface area contributed by atoms with Gasteiger partial charge in [0.25, 0.3) is 0 Å². The van der Waals surface area contributed by atoms with Gasteiger partial charge in [-0.3, -0.25) is 4.79 Å². The molecule has 94 valence electrons. The first kappa shape index (κ1) is 14.6. The maximum Gasteiger partial charge on any atom is 0.573 e. The number of alkyl halides is 4. The minimum atomic E-state index is -4.84. The molecule has 0 heterocycles. The van der Waals surface area contributed by atoms with Gasteiger partial charge in [-0.1, -0.05) is 6.07 Å². The summed E-state index contributed by atoms with van der Waals surface area (Å²) in [5, 5.41) is -0.913. The van der Waals surface area contributed by atoms with Gasteiger partial charge in [0.2, 0.25) is 0 Å². The van der Waals surface area contributed by atoms with Gasteiger partial charge in [0.05, 0.1) is 14.5 Å². The van der Waals surface area contributed by atoms with E-state index >= 15 is 0 Å². The highest BCUT2D eigenvalue weighted by Crippen LogP contribution is 2.32. The van der Waals surface area contributed by atoms with Crippen LogP contribution in [-0.4, -0.2) is 17.5 Å². The number of benzene rings is 1. The van der Waals surface area contributed by atoms with Gasteiger partial charge < -0.3 is 4.74 Å². The normalized spacial score (nSPS) is 13.3. The lowest BCUT2D eigenvalue weighted by molar-refractivity contribution is -0.275. The predicted molar refractivity (Wildman–Crippen MR) is 65.5 cm³/mol. The van der Waals surface area contributed by atoms with E-state index in [1.54, 1.807) is 22.6 Å². The molecule has 17 heavy (non-hydrogen) atoms. The third-order valence-corrected chi connectivity index (χ3v) is 2.86. The van der Waals surface area contributed by atoms with Crippen LogP contribution in [-0.2, 0) is 0 Å². The fourth-order valence-corrected chi connectivity index (χ4v) is 1.86. The summed E-state index contributed by atoms with van der Waals surface area (Å²) in [7, 11) is 0. The van der Waals surface area contributed by atoms with Crippen LogP contribution in [0.15, 0.2) is 18.2 Å². The first-order chi connectivity index (χ1) is 7.72. The molecule has 0 amide bonds. The van der Waals surface area contributed by atoms with Gasteiger partial charge in [-0.15, -0.1) is 24.8 Å². The summed E-state index contributed by atoms with van der Waals surface area (Å²) in [4.78, 5) is 11.6. The standard InChI is InChI=1S/C10H7ClF3IO2/c1-5(11)8(16)6-3-2-4-7(15)9(6)17-10(12,13)14/h2-5H,1H3. The number of carbonyl (C=O) groups excluding carboxylic acids is 1. The highest BCUT2D eigenvalue weighted by Gasteiger charge is 2.34. The molecule has 0 saturated carbocycles. The third-order valence-electron chi connectivity index (χ3n) is 1.81. The highest BCUT2D eigenvalue weighted by molar-refractivity contribution is 14.1. The Balaban J connectivity index is 3.22. The van der Waals surface area contributed by atoms with E-state index in [4.69, 9.17) is 11.6 Å². The number of carbonyl (C=O) groups is 1. The van der Waals surface area contributed by atoms with Crippen LogP contribution in [0.5, 0.6) is 5.75 Å². The summed E-state index contributed by atoms with van der Waals surface area (Å²) >= 11 is 7.23. The van der Waals surface area contributed by atoms with E-state index in [-0.39, 0.29) is 9.13 Å². The molecule has 1 aromatic rings. The number of hydrogen-bond donors (Lipinski definition) is 0. The van der Waals surface area contributed by atoms with Crippen LogP contribution in [0.4, 0.5) is 13.2 Å². The molecule has 0 fully saturated rings. The third kappa shape index (κ3) is 4.02. The lowest BCUT2D eigenvalue weighted by atomic mass is 10.1. The molecule has 0 N–H and O–H groups in total. The molecule has 1 rings (SSSR count). The Morgan fingerprint density at radius 2 is 2.06 bits per heavy atom. The molecular weight excluding hydrogens is 371 g/mol. The van der Waals surface area contributed by atoms with Crippen LogP contribution in [0, 0.1) is 3.57 Å². The highest BCUT2D eigenvalue weighted by atomic mass is 127. The summed E-state index contributed by atoms with van der Waals surface area (Å²) in [5.41, 5.74) is -0.170. The van der Waals surface area contributed by atoms with Crippen molar-refractivity contribution in [2.24, 2.45) is 0 Å². The molecule has 1 atom stereocenters. The van der Waals surface area contributed by atoms with E-state index in [0.29, 0.717) is 0 Å². The summed E-state index contributed by atoms with van der Waals surface area (Å²) in [6.07, 6.45) is -4.84. The average Bonchev–Trinajstić information content (AvgIpc) is 2.18. The van der Waals surface area contributed by atoms with Crippen molar-refractivity contribution in [3.63, 3.8) is 0 Å². The lowest BCUT2D eigenvalue weighted by Crippen LogP contribution is -2.21. The zero-order chi connectivity index (χ0) is 13.2. The van der Waals surface area contributed by atoms with Crippen LogP contribution in [0.25, 0.3) is 0 Å². The first-order valence-corrected chi connectivity index (χ1v) is 5.96. The molecule has 7 heteroatoms. The van der Waals surface area contributed by atoms with Gasteiger partial charge in [-0.05, 0) is 41.6 Å². The number of hydrogen-bond acceptors (Lipinski definition) is 2.